The predicted molar refractivity (Wildman–Crippen MR) is 90.6 cm³/mol. The topological polar surface area (TPSA) is 24.9 Å². The summed E-state index contributed by atoms with van der Waals surface area (Å²) in [7, 11) is 2.02. The van der Waals surface area contributed by atoms with Gasteiger partial charge < -0.3 is 5.32 Å². The van der Waals surface area contributed by atoms with Gasteiger partial charge in [-0.1, -0.05) is 20.3 Å². The van der Waals surface area contributed by atoms with Gasteiger partial charge >= 0.3 is 0 Å². The minimum atomic E-state index is 0.620. The van der Waals surface area contributed by atoms with Gasteiger partial charge in [0.05, 0.1) is 10.9 Å². The molecule has 0 saturated carbocycles. The SMILES string of the molecule is CCCc1nc(C2SCCSC2CC)sc1CNC. The Balaban J connectivity index is 2.20. The minimum absolute atomic E-state index is 0.620. The summed E-state index contributed by atoms with van der Waals surface area (Å²) in [5.74, 6) is 2.58. The summed E-state index contributed by atoms with van der Waals surface area (Å²) >= 11 is 6.19. The lowest BCUT2D eigenvalue weighted by Crippen LogP contribution is -2.18. The van der Waals surface area contributed by atoms with E-state index >= 15 is 0 Å². The molecule has 108 valence electrons. The Bertz CT molecular complexity index is 369. The summed E-state index contributed by atoms with van der Waals surface area (Å²) in [6.07, 6.45) is 3.56. The van der Waals surface area contributed by atoms with E-state index in [0.717, 1.165) is 18.2 Å². The number of hydrogen-bond donors (Lipinski definition) is 1. The summed E-state index contributed by atoms with van der Waals surface area (Å²) in [6.45, 7) is 5.52. The van der Waals surface area contributed by atoms with E-state index in [4.69, 9.17) is 4.98 Å². The molecule has 19 heavy (non-hydrogen) atoms. The van der Waals surface area contributed by atoms with Crippen molar-refractivity contribution in [3.8, 4) is 0 Å². The molecule has 0 spiro atoms. The highest BCUT2D eigenvalue weighted by Gasteiger charge is 2.29. The maximum Gasteiger partial charge on any atom is 0.107 e. The molecule has 1 aliphatic heterocycles. The van der Waals surface area contributed by atoms with Gasteiger partial charge in [0.25, 0.3) is 0 Å². The molecule has 5 heteroatoms. The summed E-state index contributed by atoms with van der Waals surface area (Å²) in [4.78, 5) is 6.43. The van der Waals surface area contributed by atoms with Crippen molar-refractivity contribution in [3.63, 3.8) is 0 Å². The molecule has 0 bridgehead atoms. The van der Waals surface area contributed by atoms with Crippen LogP contribution in [-0.2, 0) is 13.0 Å². The molecule has 0 amide bonds. The monoisotopic (exact) mass is 316 g/mol. The second kappa shape index (κ2) is 7.91. The van der Waals surface area contributed by atoms with Crippen molar-refractivity contribution in [1.82, 2.24) is 10.3 Å². The Labute approximate surface area is 129 Å². The van der Waals surface area contributed by atoms with Crippen LogP contribution in [0, 0.1) is 0 Å². The molecule has 1 aliphatic rings. The molecule has 2 atom stereocenters. The van der Waals surface area contributed by atoms with E-state index in [2.05, 4.69) is 42.7 Å². The maximum absolute atomic E-state index is 4.98. The number of hydrogen-bond acceptors (Lipinski definition) is 5. The van der Waals surface area contributed by atoms with E-state index in [0.29, 0.717) is 5.25 Å². The molecule has 1 fully saturated rings. The first-order valence-corrected chi connectivity index (χ1v) is 10.1. The molecule has 2 unspecified atom stereocenters. The Morgan fingerprint density at radius 1 is 1.26 bits per heavy atom. The van der Waals surface area contributed by atoms with Crippen molar-refractivity contribution in [2.24, 2.45) is 0 Å². The Morgan fingerprint density at radius 3 is 2.74 bits per heavy atom. The number of nitrogens with zero attached hydrogens (tertiary/aromatic N) is 1. The molecule has 2 nitrogen and oxygen atoms in total. The normalized spacial score (nSPS) is 23.7. The molecule has 0 radical (unpaired) electrons. The third-order valence-electron chi connectivity index (χ3n) is 3.32. The van der Waals surface area contributed by atoms with Crippen LogP contribution in [-0.4, -0.2) is 28.8 Å². The quantitative estimate of drug-likeness (QED) is 0.853. The van der Waals surface area contributed by atoms with Crippen LogP contribution in [0.1, 0.15) is 47.5 Å². The fourth-order valence-corrected chi connectivity index (χ4v) is 6.93. The van der Waals surface area contributed by atoms with Crippen molar-refractivity contribution in [2.75, 3.05) is 18.6 Å². The maximum atomic E-state index is 4.98. The molecule has 1 aromatic rings. The average Bonchev–Trinajstić information content (AvgIpc) is 2.83. The molecular formula is C14H24N2S3. The number of aromatic nitrogens is 1. The van der Waals surface area contributed by atoms with E-state index in [1.165, 1.54) is 39.9 Å². The van der Waals surface area contributed by atoms with Crippen molar-refractivity contribution < 1.29 is 0 Å². The molecule has 1 N–H and O–H groups in total. The zero-order valence-corrected chi connectivity index (χ0v) is 14.5. The third kappa shape index (κ3) is 3.90. The second-order valence-electron chi connectivity index (χ2n) is 4.81. The van der Waals surface area contributed by atoms with Gasteiger partial charge in [0.15, 0.2) is 0 Å². The standard InChI is InChI=1S/C14H24N2S3/c1-4-6-10-12(9-15-3)19-14(16-10)13-11(5-2)17-7-8-18-13/h11,13,15H,4-9H2,1-3H3. The zero-order chi connectivity index (χ0) is 13.7. The van der Waals surface area contributed by atoms with E-state index in [9.17, 15) is 0 Å². The van der Waals surface area contributed by atoms with E-state index in [1.807, 2.05) is 18.4 Å². The van der Waals surface area contributed by atoms with Crippen molar-refractivity contribution in [2.45, 2.75) is 50.2 Å². The van der Waals surface area contributed by atoms with E-state index < -0.39 is 0 Å². The number of thioether (sulfide) groups is 2. The van der Waals surface area contributed by atoms with Crippen LogP contribution in [0.15, 0.2) is 0 Å². The predicted octanol–water partition coefficient (Wildman–Crippen LogP) is 4.11. The van der Waals surface area contributed by atoms with E-state index in [-0.39, 0.29) is 0 Å². The molecule has 0 aliphatic carbocycles. The van der Waals surface area contributed by atoms with Crippen LogP contribution in [0.3, 0.4) is 0 Å². The van der Waals surface area contributed by atoms with Crippen LogP contribution in [0.4, 0.5) is 0 Å². The van der Waals surface area contributed by atoms with Crippen LogP contribution >= 0.6 is 34.9 Å². The fraction of sp³-hybridized carbons (Fsp3) is 0.786. The summed E-state index contributed by atoms with van der Waals surface area (Å²) in [6, 6.07) is 0. The van der Waals surface area contributed by atoms with Crippen molar-refractivity contribution in [1.29, 1.82) is 0 Å². The van der Waals surface area contributed by atoms with Gasteiger partial charge in [0.1, 0.15) is 5.01 Å². The number of nitrogens with one attached hydrogen (secondary N) is 1. The highest BCUT2D eigenvalue weighted by molar-refractivity contribution is 8.06. The summed E-state index contributed by atoms with van der Waals surface area (Å²) in [5, 5.41) is 6.03. The summed E-state index contributed by atoms with van der Waals surface area (Å²) in [5.41, 5.74) is 1.34. The largest absolute Gasteiger partial charge is 0.315 e. The first-order chi connectivity index (χ1) is 9.30. The Kier molecular flexibility index (Phi) is 6.53. The highest BCUT2D eigenvalue weighted by atomic mass is 32.2. The zero-order valence-electron chi connectivity index (χ0n) is 12.1. The van der Waals surface area contributed by atoms with Crippen molar-refractivity contribution >= 4 is 34.9 Å². The highest BCUT2D eigenvalue weighted by Crippen LogP contribution is 2.45. The lowest BCUT2D eigenvalue weighted by atomic mass is 10.2. The van der Waals surface area contributed by atoms with Crippen LogP contribution in [0.25, 0.3) is 0 Å². The smallest absolute Gasteiger partial charge is 0.107 e. The van der Waals surface area contributed by atoms with Crippen molar-refractivity contribution in [3.05, 3.63) is 15.6 Å². The third-order valence-corrected chi connectivity index (χ3v) is 7.90. The molecule has 1 aromatic heterocycles. The lowest BCUT2D eigenvalue weighted by Gasteiger charge is -2.28. The number of aryl methyl sites for hydroxylation is 1. The van der Waals surface area contributed by atoms with Gasteiger partial charge in [-0.3, -0.25) is 0 Å². The van der Waals surface area contributed by atoms with Gasteiger partial charge in [-0.2, -0.15) is 11.8 Å². The molecule has 2 rings (SSSR count). The molecule has 1 saturated heterocycles. The van der Waals surface area contributed by atoms with E-state index in [1.54, 1.807) is 0 Å². The molecular weight excluding hydrogens is 292 g/mol. The second-order valence-corrected chi connectivity index (χ2v) is 8.52. The molecule has 2 heterocycles. The van der Waals surface area contributed by atoms with Crippen LogP contribution in [0.5, 0.6) is 0 Å². The first-order valence-electron chi connectivity index (χ1n) is 7.16. The van der Waals surface area contributed by atoms with Crippen LogP contribution < -0.4 is 5.32 Å². The fourth-order valence-electron chi connectivity index (χ4n) is 2.39. The Morgan fingerprint density at radius 2 is 2.05 bits per heavy atom. The number of rotatable bonds is 6. The van der Waals surface area contributed by atoms with Gasteiger partial charge in [-0.25, -0.2) is 4.98 Å². The van der Waals surface area contributed by atoms with Gasteiger partial charge in [0, 0.05) is 28.2 Å². The minimum Gasteiger partial charge on any atom is -0.315 e. The summed E-state index contributed by atoms with van der Waals surface area (Å²) < 4.78 is 0. The van der Waals surface area contributed by atoms with Crippen LogP contribution in [0.2, 0.25) is 0 Å². The Hall–Kier alpha value is 0.290. The molecule has 0 aromatic carbocycles. The lowest BCUT2D eigenvalue weighted by molar-refractivity contribution is 0.772. The van der Waals surface area contributed by atoms with Gasteiger partial charge in [-0.05, 0) is 19.9 Å². The number of thiazole rings is 1. The van der Waals surface area contributed by atoms with Gasteiger partial charge in [-0.15, -0.1) is 23.1 Å². The van der Waals surface area contributed by atoms with Gasteiger partial charge in [0.2, 0.25) is 0 Å². The average molecular weight is 317 g/mol. The first kappa shape index (κ1) is 15.7.